The Balaban J connectivity index is 2.75. The number of benzene rings is 1. The summed E-state index contributed by atoms with van der Waals surface area (Å²) >= 11 is 5.58. The van der Waals surface area contributed by atoms with Gasteiger partial charge in [0.25, 0.3) is 0 Å². The third-order valence-electron chi connectivity index (χ3n) is 2.63. The van der Waals surface area contributed by atoms with Crippen molar-refractivity contribution < 1.29 is 0 Å². The number of hydrogen-bond acceptors (Lipinski definition) is 2. The topological polar surface area (TPSA) is 12.0 Å². The summed E-state index contributed by atoms with van der Waals surface area (Å²) < 4.78 is 1.21. The lowest BCUT2D eigenvalue weighted by Gasteiger charge is -2.16. The molecule has 0 aliphatic carbocycles. The monoisotopic (exact) mass is 301 g/mol. The Kier molecular flexibility index (Phi) is 5.87. The molecule has 1 unspecified atom stereocenters. The smallest absolute Gasteiger partial charge is 0.0314 e. The van der Waals surface area contributed by atoms with Crippen LogP contribution in [0.5, 0.6) is 0 Å². The van der Waals surface area contributed by atoms with Crippen molar-refractivity contribution in [3.8, 4) is 0 Å². The second kappa shape index (κ2) is 6.67. The van der Waals surface area contributed by atoms with Crippen LogP contribution >= 0.6 is 27.7 Å². The highest BCUT2D eigenvalue weighted by atomic mass is 79.9. The van der Waals surface area contributed by atoms with Crippen LogP contribution < -0.4 is 5.32 Å². The molecule has 1 aromatic carbocycles. The zero-order valence-electron chi connectivity index (χ0n) is 10.4. The molecule has 1 atom stereocenters. The Labute approximate surface area is 112 Å². The molecule has 0 fully saturated rings. The molecule has 0 aliphatic heterocycles. The quantitative estimate of drug-likeness (QED) is 0.814. The summed E-state index contributed by atoms with van der Waals surface area (Å²) in [7, 11) is 1.97. The van der Waals surface area contributed by atoms with Crippen molar-refractivity contribution in [2.75, 3.05) is 7.05 Å². The zero-order chi connectivity index (χ0) is 12.1. The average Bonchev–Trinajstić information content (AvgIpc) is 2.22. The largest absolute Gasteiger partial charge is 0.316 e. The second-order valence-corrected chi connectivity index (χ2v) is 6.64. The third kappa shape index (κ3) is 4.11. The highest BCUT2D eigenvalue weighted by Gasteiger charge is 2.11. The fraction of sp³-hybridized carbons (Fsp3) is 0.538. The van der Waals surface area contributed by atoms with E-state index in [2.05, 4.69) is 60.2 Å². The van der Waals surface area contributed by atoms with Gasteiger partial charge >= 0.3 is 0 Å². The molecule has 0 heterocycles. The fourth-order valence-corrected chi connectivity index (χ4v) is 2.99. The van der Waals surface area contributed by atoms with E-state index in [-0.39, 0.29) is 0 Å². The van der Waals surface area contributed by atoms with E-state index >= 15 is 0 Å². The molecule has 0 bridgehead atoms. The van der Waals surface area contributed by atoms with Crippen molar-refractivity contribution in [3.05, 3.63) is 28.2 Å². The summed E-state index contributed by atoms with van der Waals surface area (Å²) in [5.41, 5.74) is 1.32. The predicted octanol–water partition coefficient (Wildman–Crippen LogP) is 4.31. The standard InChI is InChI=1S/C13H20BrNS/c1-9(2)10(3)16-13-6-5-11(8-15-4)7-12(13)14/h5-7,9-10,15H,8H2,1-4H3. The number of halogens is 1. The predicted molar refractivity (Wildman–Crippen MR) is 77.1 cm³/mol. The van der Waals surface area contributed by atoms with Gasteiger partial charge in [0.05, 0.1) is 0 Å². The molecule has 1 nitrogen and oxygen atoms in total. The number of rotatable bonds is 5. The highest BCUT2D eigenvalue weighted by molar-refractivity contribution is 9.10. The Bertz CT molecular complexity index is 339. The summed E-state index contributed by atoms with van der Waals surface area (Å²) in [5.74, 6) is 0.703. The van der Waals surface area contributed by atoms with E-state index in [4.69, 9.17) is 0 Å². The number of nitrogens with one attached hydrogen (secondary N) is 1. The van der Waals surface area contributed by atoms with Gasteiger partial charge in [-0.1, -0.05) is 26.8 Å². The maximum absolute atomic E-state index is 3.65. The van der Waals surface area contributed by atoms with Gasteiger partial charge in [-0.05, 0) is 46.6 Å². The van der Waals surface area contributed by atoms with Gasteiger partial charge in [-0.25, -0.2) is 0 Å². The van der Waals surface area contributed by atoms with Crippen molar-refractivity contribution in [2.24, 2.45) is 5.92 Å². The molecule has 0 saturated heterocycles. The van der Waals surface area contributed by atoms with Gasteiger partial charge in [0, 0.05) is 21.2 Å². The lowest BCUT2D eigenvalue weighted by atomic mass is 10.2. The van der Waals surface area contributed by atoms with E-state index in [0.29, 0.717) is 11.2 Å². The van der Waals surface area contributed by atoms with Crippen LogP contribution in [0.2, 0.25) is 0 Å². The summed E-state index contributed by atoms with van der Waals surface area (Å²) in [5, 5.41) is 3.81. The van der Waals surface area contributed by atoms with Gasteiger partial charge in [0.15, 0.2) is 0 Å². The second-order valence-electron chi connectivity index (χ2n) is 4.36. The van der Waals surface area contributed by atoms with Gasteiger partial charge in [-0.3, -0.25) is 0 Å². The van der Waals surface area contributed by atoms with Gasteiger partial charge in [-0.15, -0.1) is 11.8 Å². The normalized spacial score (nSPS) is 13.1. The van der Waals surface area contributed by atoms with Crippen LogP contribution in [0.15, 0.2) is 27.6 Å². The van der Waals surface area contributed by atoms with Gasteiger partial charge in [0.2, 0.25) is 0 Å². The lowest BCUT2D eigenvalue weighted by Crippen LogP contribution is -2.06. The fourth-order valence-electron chi connectivity index (χ4n) is 1.29. The van der Waals surface area contributed by atoms with Crippen molar-refractivity contribution >= 4 is 27.7 Å². The SMILES string of the molecule is CNCc1ccc(SC(C)C(C)C)c(Br)c1. The molecule has 1 aromatic rings. The minimum atomic E-state index is 0.645. The molecule has 0 aliphatic rings. The molecule has 0 amide bonds. The molecule has 0 radical (unpaired) electrons. The first-order valence-corrected chi connectivity index (χ1v) is 7.31. The Morgan fingerprint density at radius 1 is 1.31 bits per heavy atom. The maximum atomic E-state index is 3.65. The highest BCUT2D eigenvalue weighted by Crippen LogP contribution is 2.33. The molecular weight excluding hydrogens is 282 g/mol. The molecule has 3 heteroatoms. The molecule has 0 aromatic heterocycles. The maximum Gasteiger partial charge on any atom is 0.0314 e. The van der Waals surface area contributed by atoms with E-state index in [0.717, 1.165) is 6.54 Å². The van der Waals surface area contributed by atoms with E-state index in [1.165, 1.54) is 14.9 Å². The van der Waals surface area contributed by atoms with Crippen molar-refractivity contribution in [2.45, 2.75) is 37.5 Å². The third-order valence-corrected chi connectivity index (χ3v) is 5.07. The summed E-state index contributed by atoms with van der Waals surface area (Å²) in [6.45, 7) is 7.73. The van der Waals surface area contributed by atoms with Gasteiger partial charge < -0.3 is 5.32 Å². The molecule has 0 saturated carbocycles. The van der Waals surface area contributed by atoms with Crippen LogP contribution in [-0.2, 0) is 6.54 Å². The Morgan fingerprint density at radius 2 is 2.00 bits per heavy atom. The number of thioether (sulfide) groups is 1. The van der Waals surface area contributed by atoms with Crippen LogP contribution in [0.3, 0.4) is 0 Å². The summed E-state index contributed by atoms with van der Waals surface area (Å²) in [6, 6.07) is 6.60. The van der Waals surface area contributed by atoms with Crippen LogP contribution in [0.25, 0.3) is 0 Å². The minimum Gasteiger partial charge on any atom is -0.316 e. The number of hydrogen-bond donors (Lipinski definition) is 1. The first-order valence-electron chi connectivity index (χ1n) is 5.64. The first kappa shape index (κ1) is 14.1. The molecule has 1 rings (SSSR count). The molecule has 16 heavy (non-hydrogen) atoms. The van der Waals surface area contributed by atoms with E-state index in [1.807, 2.05) is 18.8 Å². The van der Waals surface area contributed by atoms with Crippen LogP contribution in [0.1, 0.15) is 26.3 Å². The first-order chi connectivity index (χ1) is 7.54. The van der Waals surface area contributed by atoms with Crippen LogP contribution in [0.4, 0.5) is 0 Å². The molecular formula is C13H20BrNS. The van der Waals surface area contributed by atoms with E-state index in [9.17, 15) is 0 Å². The van der Waals surface area contributed by atoms with Gasteiger partial charge in [-0.2, -0.15) is 0 Å². The summed E-state index contributed by atoms with van der Waals surface area (Å²) in [6.07, 6.45) is 0. The molecule has 0 spiro atoms. The summed E-state index contributed by atoms with van der Waals surface area (Å²) in [4.78, 5) is 1.33. The molecule has 90 valence electrons. The Hall–Kier alpha value is 0.01000. The van der Waals surface area contributed by atoms with E-state index in [1.54, 1.807) is 0 Å². The average molecular weight is 302 g/mol. The zero-order valence-corrected chi connectivity index (χ0v) is 12.8. The Morgan fingerprint density at radius 3 is 2.50 bits per heavy atom. The van der Waals surface area contributed by atoms with Gasteiger partial charge in [0.1, 0.15) is 0 Å². The lowest BCUT2D eigenvalue weighted by molar-refractivity contribution is 0.642. The van der Waals surface area contributed by atoms with E-state index < -0.39 is 0 Å². The van der Waals surface area contributed by atoms with Crippen LogP contribution in [-0.4, -0.2) is 12.3 Å². The van der Waals surface area contributed by atoms with Crippen LogP contribution in [0, 0.1) is 5.92 Å². The van der Waals surface area contributed by atoms with Crippen molar-refractivity contribution in [1.29, 1.82) is 0 Å². The minimum absolute atomic E-state index is 0.645. The van der Waals surface area contributed by atoms with Crippen molar-refractivity contribution in [1.82, 2.24) is 5.32 Å². The molecule has 1 N–H and O–H groups in total. The van der Waals surface area contributed by atoms with Crippen molar-refractivity contribution in [3.63, 3.8) is 0 Å².